The average Bonchev–Trinajstić information content (AvgIpc) is 2.47. The van der Waals surface area contributed by atoms with Crippen LogP contribution in [0.2, 0.25) is 0 Å². The number of hydrogen-bond acceptors (Lipinski definition) is 4. The molecule has 1 aliphatic rings. The van der Waals surface area contributed by atoms with Crippen LogP contribution in [0.15, 0.2) is 0 Å². The van der Waals surface area contributed by atoms with Crippen molar-refractivity contribution in [3.63, 3.8) is 0 Å². The van der Waals surface area contributed by atoms with E-state index in [0.29, 0.717) is 11.8 Å². The number of rotatable bonds is 5. The van der Waals surface area contributed by atoms with Crippen LogP contribution in [-0.4, -0.2) is 44.1 Å². The number of likely N-dealkylation sites (tertiary alicyclic amines) is 1. The second-order valence-corrected chi connectivity index (χ2v) is 7.39. The zero-order valence-corrected chi connectivity index (χ0v) is 12.5. The van der Waals surface area contributed by atoms with Crippen LogP contribution in [0.25, 0.3) is 0 Å². The highest BCUT2D eigenvalue weighted by Gasteiger charge is 2.38. The van der Waals surface area contributed by atoms with Crippen molar-refractivity contribution in [1.29, 1.82) is 5.41 Å². The molecule has 106 valence electrons. The second-order valence-electron chi connectivity index (χ2n) is 5.75. The molecule has 6 heteroatoms. The van der Waals surface area contributed by atoms with Crippen LogP contribution in [0.3, 0.4) is 0 Å². The van der Waals surface area contributed by atoms with Crippen LogP contribution in [0.1, 0.15) is 40.0 Å². The minimum absolute atomic E-state index is 0.0359. The molecule has 0 aromatic carbocycles. The van der Waals surface area contributed by atoms with Crippen molar-refractivity contribution in [2.24, 2.45) is 5.92 Å². The lowest BCUT2D eigenvalue weighted by Crippen LogP contribution is -2.40. The Morgan fingerprint density at radius 2 is 2.11 bits per heavy atom. The predicted octanol–water partition coefficient (Wildman–Crippen LogP) is 1.84. The molecule has 0 aliphatic carbocycles. The van der Waals surface area contributed by atoms with E-state index >= 15 is 0 Å². The maximum Gasteiger partial charge on any atom is 0.264 e. The highest BCUT2D eigenvalue weighted by atomic mass is 32.2. The molecule has 1 atom stereocenters. The summed E-state index contributed by atoms with van der Waals surface area (Å²) in [6.45, 7) is 7.27. The maximum atomic E-state index is 10.8. The van der Waals surface area contributed by atoms with Gasteiger partial charge in [-0.05, 0) is 46.0 Å². The van der Waals surface area contributed by atoms with E-state index in [1.807, 2.05) is 6.92 Å². The van der Waals surface area contributed by atoms with Crippen molar-refractivity contribution < 1.29 is 12.6 Å². The fourth-order valence-corrected chi connectivity index (χ4v) is 3.17. The van der Waals surface area contributed by atoms with Crippen molar-refractivity contribution in [1.82, 2.24) is 4.90 Å². The summed E-state index contributed by atoms with van der Waals surface area (Å²) >= 11 is 0. The molecule has 0 spiro atoms. The van der Waals surface area contributed by atoms with Crippen LogP contribution in [0.4, 0.5) is 0 Å². The topological polar surface area (TPSA) is 70.5 Å². The molecule has 1 rings (SSSR count). The summed E-state index contributed by atoms with van der Waals surface area (Å²) in [5.74, 6) is 1.12. The van der Waals surface area contributed by atoms with Crippen LogP contribution < -0.4 is 0 Å². The van der Waals surface area contributed by atoms with Gasteiger partial charge in [-0.15, -0.1) is 0 Å². The third kappa shape index (κ3) is 4.57. The van der Waals surface area contributed by atoms with Crippen LogP contribution >= 0.6 is 0 Å². The molecule has 0 aromatic heterocycles. The maximum absolute atomic E-state index is 10.8. The Hall–Kier alpha value is -0.620. The molecule has 1 fully saturated rings. The van der Waals surface area contributed by atoms with Gasteiger partial charge < -0.3 is 4.90 Å². The molecule has 0 unspecified atom stereocenters. The van der Waals surface area contributed by atoms with E-state index in [1.165, 1.54) is 0 Å². The Balaban J connectivity index is 2.36. The Bertz CT molecular complexity index is 404. The first-order valence-electron chi connectivity index (χ1n) is 6.29. The summed E-state index contributed by atoms with van der Waals surface area (Å²) in [5, 5.41) is 7.75. The lowest BCUT2D eigenvalue weighted by atomic mass is 9.93. The smallest absolute Gasteiger partial charge is 0.264 e. The van der Waals surface area contributed by atoms with Crippen molar-refractivity contribution in [2.45, 2.75) is 45.6 Å². The summed E-state index contributed by atoms with van der Waals surface area (Å²) in [5.41, 5.74) is 0.0359. The molecule has 1 aliphatic heterocycles. The van der Waals surface area contributed by atoms with Crippen LogP contribution in [0, 0.1) is 11.3 Å². The van der Waals surface area contributed by atoms with Crippen molar-refractivity contribution in [3.8, 4) is 0 Å². The molecular weight excluding hydrogens is 252 g/mol. The van der Waals surface area contributed by atoms with Gasteiger partial charge in [0.2, 0.25) is 0 Å². The van der Waals surface area contributed by atoms with Gasteiger partial charge in [0.1, 0.15) is 0 Å². The molecule has 0 saturated carbocycles. The predicted molar refractivity (Wildman–Crippen MR) is 72.3 cm³/mol. The Morgan fingerprint density at radius 3 is 2.56 bits per heavy atom. The first-order chi connectivity index (χ1) is 8.12. The van der Waals surface area contributed by atoms with Gasteiger partial charge in [-0.25, -0.2) is 0 Å². The highest BCUT2D eigenvalue weighted by Crippen LogP contribution is 2.34. The standard InChI is InChI=1S/C12H24N2O3S/c1-10(13)14-9-11(8-12(14,2)3)6-5-7-17-18(4,15)16/h11,13H,5-9H2,1-4H3/t11-/m0/s1. The molecule has 0 amide bonds. The summed E-state index contributed by atoms with van der Waals surface area (Å²) in [7, 11) is -3.31. The first-order valence-corrected chi connectivity index (χ1v) is 8.11. The molecule has 0 aromatic rings. The fraction of sp³-hybridized carbons (Fsp3) is 0.917. The average molecular weight is 276 g/mol. The first kappa shape index (κ1) is 15.4. The van der Waals surface area contributed by atoms with Gasteiger partial charge in [0, 0.05) is 12.1 Å². The van der Waals surface area contributed by atoms with E-state index in [2.05, 4.69) is 18.7 Å². The lowest BCUT2D eigenvalue weighted by molar-refractivity contribution is 0.279. The monoisotopic (exact) mass is 276 g/mol. The summed E-state index contributed by atoms with van der Waals surface area (Å²) in [6, 6.07) is 0. The van der Waals surface area contributed by atoms with Gasteiger partial charge in [0.05, 0.1) is 18.7 Å². The van der Waals surface area contributed by atoms with Gasteiger partial charge in [0.25, 0.3) is 10.1 Å². The van der Waals surface area contributed by atoms with E-state index in [0.717, 1.165) is 32.1 Å². The highest BCUT2D eigenvalue weighted by molar-refractivity contribution is 7.85. The third-order valence-electron chi connectivity index (χ3n) is 3.42. The van der Waals surface area contributed by atoms with E-state index in [9.17, 15) is 8.42 Å². The number of amidine groups is 1. The van der Waals surface area contributed by atoms with E-state index < -0.39 is 10.1 Å². The molecule has 0 radical (unpaired) electrons. The van der Waals surface area contributed by atoms with Crippen molar-refractivity contribution >= 4 is 16.0 Å². The van der Waals surface area contributed by atoms with E-state index in [4.69, 9.17) is 9.59 Å². The SMILES string of the molecule is CC(=N)N1C[C@@H](CCCOS(C)(=O)=O)CC1(C)C. The van der Waals surface area contributed by atoms with Crippen LogP contribution in [-0.2, 0) is 14.3 Å². The lowest BCUT2D eigenvalue weighted by Gasteiger charge is -2.32. The normalized spacial score (nSPS) is 23.3. The zero-order valence-electron chi connectivity index (χ0n) is 11.7. The van der Waals surface area contributed by atoms with Gasteiger partial charge in [-0.2, -0.15) is 8.42 Å². The molecule has 1 saturated heterocycles. The Morgan fingerprint density at radius 1 is 1.50 bits per heavy atom. The summed E-state index contributed by atoms with van der Waals surface area (Å²) < 4.78 is 26.4. The largest absolute Gasteiger partial charge is 0.355 e. The summed E-state index contributed by atoms with van der Waals surface area (Å²) in [4.78, 5) is 2.12. The minimum atomic E-state index is -3.31. The molecule has 1 N–H and O–H groups in total. The summed E-state index contributed by atoms with van der Waals surface area (Å²) in [6.07, 6.45) is 3.81. The van der Waals surface area contributed by atoms with Crippen molar-refractivity contribution in [2.75, 3.05) is 19.4 Å². The Kier molecular flexibility index (Phi) is 4.78. The second kappa shape index (κ2) is 5.57. The molecular formula is C12H24N2O3S. The van der Waals surface area contributed by atoms with Crippen LogP contribution in [0.5, 0.6) is 0 Å². The number of nitrogens with one attached hydrogen (secondary N) is 1. The molecule has 0 bridgehead atoms. The quantitative estimate of drug-likeness (QED) is 0.360. The molecule has 5 nitrogen and oxygen atoms in total. The van der Waals surface area contributed by atoms with Crippen molar-refractivity contribution in [3.05, 3.63) is 0 Å². The zero-order chi connectivity index (χ0) is 14.0. The third-order valence-corrected chi connectivity index (χ3v) is 4.01. The van der Waals surface area contributed by atoms with E-state index in [1.54, 1.807) is 0 Å². The van der Waals surface area contributed by atoms with Gasteiger partial charge in [-0.3, -0.25) is 9.59 Å². The Labute approximate surface area is 110 Å². The van der Waals surface area contributed by atoms with Gasteiger partial charge >= 0.3 is 0 Å². The van der Waals surface area contributed by atoms with Gasteiger partial charge in [0.15, 0.2) is 0 Å². The molecule has 18 heavy (non-hydrogen) atoms. The minimum Gasteiger partial charge on any atom is -0.355 e. The fourth-order valence-electron chi connectivity index (χ4n) is 2.75. The van der Waals surface area contributed by atoms with E-state index in [-0.39, 0.29) is 12.1 Å². The van der Waals surface area contributed by atoms with Gasteiger partial charge in [-0.1, -0.05) is 0 Å². The number of hydrogen-bond donors (Lipinski definition) is 1. The number of nitrogens with zero attached hydrogens (tertiary/aromatic N) is 1. The molecule has 1 heterocycles.